The molecule has 0 bridgehead atoms. The number of thioether (sulfide) groups is 1. The van der Waals surface area contributed by atoms with Crippen molar-refractivity contribution in [3.63, 3.8) is 0 Å². The second-order valence-corrected chi connectivity index (χ2v) is 7.15. The van der Waals surface area contributed by atoms with Crippen LogP contribution in [0.5, 0.6) is 5.75 Å². The van der Waals surface area contributed by atoms with Crippen molar-refractivity contribution in [3.8, 4) is 5.75 Å². The highest BCUT2D eigenvalue weighted by Gasteiger charge is 2.34. The highest BCUT2D eigenvalue weighted by atomic mass is 32.2. The summed E-state index contributed by atoms with van der Waals surface area (Å²) in [6.07, 6.45) is 2.86. The minimum atomic E-state index is -0.246. The van der Waals surface area contributed by atoms with Crippen molar-refractivity contribution < 1.29 is 14.3 Å². The molecule has 0 N–H and O–H groups in total. The van der Waals surface area contributed by atoms with Gasteiger partial charge in [0.25, 0.3) is 11.1 Å². The lowest BCUT2D eigenvalue weighted by Gasteiger charge is -2.12. The second-order valence-electron chi connectivity index (χ2n) is 6.16. The summed E-state index contributed by atoms with van der Waals surface area (Å²) in [5.74, 6) is 0.553. The van der Waals surface area contributed by atoms with E-state index in [1.165, 1.54) is 4.90 Å². The Morgan fingerprint density at radius 1 is 1.08 bits per heavy atom. The van der Waals surface area contributed by atoms with E-state index in [2.05, 4.69) is 6.92 Å². The highest BCUT2D eigenvalue weighted by Crippen LogP contribution is 2.33. The van der Waals surface area contributed by atoms with E-state index >= 15 is 0 Å². The number of imide groups is 1. The van der Waals surface area contributed by atoms with Gasteiger partial charge in [0.1, 0.15) is 5.75 Å². The molecule has 1 aliphatic rings. The Kier molecular flexibility index (Phi) is 5.78. The molecule has 134 valence electrons. The molecule has 0 aliphatic carbocycles. The van der Waals surface area contributed by atoms with E-state index in [1.807, 2.05) is 61.5 Å². The third kappa shape index (κ3) is 4.35. The fourth-order valence-electron chi connectivity index (χ4n) is 2.51. The molecular weight excluding hydrogens is 346 g/mol. The lowest BCUT2D eigenvalue weighted by Crippen LogP contribution is -2.27. The van der Waals surface area contributed by atoms with E-state index in [-0.39, 0.29) is 17.3 Å². The molecule has 0 radical (unpaired) electrons. The zero-order chi connectivity index (χ0) is 18.5. The normalized spacial score (nSPS) is 17.0. The van der Waals surface area contributed by atoms with Crippen LogP contribution < -0.4 is 4.74 Å². The van der Waals surface area contributed by atoms with Gasteiger partial charge >= 0.3 is 0 Å². The maximum atomic E-state index is 12.6. The van der Waals surface area contributed by atoms with Gasteiger partial charge in [0, 0.05) is 0 Å². The van der Waals surface area contributed by atoms with Gasteiger partial charge in [-0.3, -0.25) is 14.5 Å². The van der Waals surface area contributed by atoms with Gasteiger partial charge in [-0.2, -0.15) is 0 Å². The zero-order valence-corrected chi connectivity index (χ0v) is 15.7. The van der Waals surface area contributed by atoms with Crippen molar-refractivity contribution in [2.24, 2.45) is 0 Å². The smallest absolute Gasteiger partial charge is 0.293 e. The summed E-state index contributed by atoms with van der Waals surface area (Å²) < 4.78 is 5.75. The molecule has 0 saturated carbocycles. The van der Waals surface area contributed by atoms with E-state index in [1.54, 1.807) is 6.08 Å². The molecule has 1 heterocycles. The van der Waals surface area contributed by atoms with Gasteiger partial charge in [0.2, 0.25) is 0 Å². The number of carbonyl (C=O) groups excluding carboxylic acids is 2. The van der Waals surface area contributed by atoms with Crippen molar-refractivity contribution in [2.75, 3.05) is 0 Å². The number of ether oxygens (including phenoxy) is 1. The monoisotopic (exact) mass is 367 g/mol. The quantitative estimate of drug-likeness (QED) is 0.666. The van der Waals surface area contributed by atoms with Gasteiger partial charge in [-0.25, -0.2) is 0 Å². The Hall–Kier alpha value is -2.53. The number of hydrogen-bond donors (Lipinski definition) is 0. The lowest BCUT2D eigenvalue weighted by atomic mass is 10.2. The van der Waals surface area contributed by atoms with Crippen LogP contribution in [-0.4, -0.2) is 22.2 Å². The number of nitrogens with zero attached hydrogens (tertiary/aromatic N) is 1. The molecule has 1 saturated heterocycles. The van der Waals surface area contributed by atoms with Gasteiger partial charge in [-0.15, -0.1) is 0 Å². The first-order valence-corrected chi connectivity index (χ1v) is 9.44. The molecule has 1 fully saturated rings. The average molecular weight is 367 g/mol. The third-order valence-corrected chi connectivity index (χ3v) is 5.05. The standard InChI is InChI=1S/C21H21NO3S/c1-3-15(2)25-18-11-9-16(10-12-18)13-19-20(23)22(21(24)26-19)14-17-7-5-4-6-8-17/h4-13,15H,3,14H2,1-2H3/b19-13-/t15-/m1/s1. The summed E-state index contributed by atoms with van der Waals surface area (Å²) in [6, 6.07) is 17.1. The minimum Gasteiger partial charge on any atom is -0.491 e. The summed E-state index contributed by atoms with van der Waals surface area (Å²) in [6.45, 7) is 4.39. The summed E-state index contributed by atoms with van der Waals surface area (Å²) in [7, 11) is 0. The molecule has 2 aromatic rings. The third-order valence-electron chi connectivity index (χ3n) is 4.15. The van der Waals surface area contributed by atoms with Crippen LogP contribution in [0.25, 0.3) is 6.08 Å². The summed E-state index contributed by atoms with van der Waals surface area (Å²) in [5.41, 5.74) is 1.80. The summed E-state index contributed by atoms with van der Waals surface area (Å²) in [5, 5.41) is -0.234. The average Bonchev–Trinajstić information content (AvgIpc) is 2.91. The molecule has 3 rings (SSSR count). The number of benzene rings is 2. The van der Waals surface area contributed by atoms with Crippen LogP contribution in [0.15, 0.2) is 59.5 Å². The molecule has 0 aromatic heterocycles. The van der Waals surface area contributed by atoms with Crippen LogP contribution in [0.2, 0.25) is 0 Å². The van der Waals surface area contributed by atoms with Gasteiger partial charge in [-0.05, 0) is 54.4 Å². The van der Waals surface area contributed by atoms with Crippen molar-refractivity contribution in [1.82, 2.24) is 4.90 Å². The zero-order valence-electron chi connectivity index (χ0n) is 14.8. The molecule has 2 aromatic carbocycles. The van der Waals surface area contributed by atoms with Crippen LogP contribution in [0, 0.1) is 0 Å². The van der Waals surface area contributed by atoms with E-state index in [0.717, 1.165) is 35.1 Å². The van der Waals surface area contributed by atoms with Gasteiger partial charge in [0.05, 0.1) is 17.6 Å². The number of hydrogen-bond acceptors (Lipinski definition) is 4. The van der Waals surface area contributed by atoms with Gasteiger partial charge in [-0.1, -0.05) is 49.4 Å². The molecule has 1 atom stereocenters. The van der Waals surface area contributed by atoms with Crippen LogP contribution in [-0.2, 0) is 11.3 Å². The largest absolute Gasteiger partial charge is 0.491 e. The Bertz CT molecular complexity index is 815. The van der Waals surface area contributed by atoms with E-state index in [9.17, 15) is 9.59 Å². The first kappa shape index (κ1) is 18.3. The second kappa shape index (κ2) is 8.23. The van der Waals surface area contributed by atoms with E-state index in [0.29, 0.717) is 11.4 Å². The fourth-order valence-corrected chi connectivity index (χ4v) is 3.35. The van der Waals surface area contributed by atoms with Crippen molar-refractivity contribution in [1.29, 1.82) is 0 Å². The van der Waals surface area contributed by atoms with Crippen molar-refractivity contribution in [2.45, 2.75) is 32.9 Å². The fraction of sp³-hybridized carbons (Fsp3) is 0.238. The number of rotatable bonds is 6. The number of carbonyl (C=O) groups is 2. The first-order valence-electron chi connectivity index (χ1n) is 8.63. The Labute approximate surface area is 157 Å². The SMILES string of the molecule is CC[C@@H](C)Oc1ccc(/C=C2\SC(=O)N(Cc3ccccc3)C2=O)cc1. The molecule has 4 nitrogen and oxygen atoms in total. The lowest BCUT2D eigenvalue weighted by molar-refractivity contribution is -0.123. The highest BCUT2D eigenvalue weighted by molar-refractivity contribution is 8.18. The van der Waals surface area contributed by atoms with Crippen molar-refractivity contribution in [3.05, 3.63) is 70.6 Å². The molecule has 0 spiro atoms. The first-order chi connectivity index (χ1) is 12.6. The predicted octanol–water partition coefficient (Wildman–Crippen LogP) is 5.10. The minimum absolute atomic E-state index is 0.162. The molecule has 26 heavy (non-hydrogen) atoms. The predicted molar refractivity (Wildman–Crippen MR) is 105 cm³/mol. The molecule has 1 aliphatic heterocycles. The van der Waals surface area contributed by atoms with Crippen LogP contribution in [0.3, 0.4) is 0 Å². The van der Waals surface area contributed by atoms with Crippen LogP contribution >= 0.6 is 11.8 Å². The van der Waals surface area contributed by atoms with Gasteiger partial charge < -0.3 is 4.74 Å². The number of amides is 2. The van der Waals surface area contributed by atoms with Crippen LogP contribution in [0.1, 0.15) is 31.4 Å². The molecule has 5 heteroatoms. The van der Waals surface area contributed by atoms with E-state index < -0.39 is 0 Å². The van der Waals surface area contributed by atoms with Gasteiger partial charge in [0.15, 0.2) is 0 Å². The summed E-state index contributed by atoms with van der Waals surface area (Å²) in [4.78, 5) is 26.5. The molecular formula is C21H21NO3S. The summed E-state index contributed by atoms with van der Waals surface area (Å²) >= 11 is 0.982. The molecule has 0 unspecified atom stereocenters. The molecule has 2 amide bonds. The Balaban J connectivity index is 1.71. The Morgan fingerprint density at radius 3 is 2.42 bits per heavy atom. The maximum absolute atomic E-state index is 12.6. The maximum Gasteiger partial charge on any atom is 0.293 e. The van der Waals surface area contributed by atoms with Crippen LogP contribution in [0.4, 0.5) is 4.79 Å². The Morgan fingerprint density at radius 2 is 1.77 bits per heavy atom. The van der Waals surface area contributed by atoms with E-state index in [4.69, 9.17) is 4.74 Å². The van der Waals surface area contributed by atoms with Crippen molar-refractivity contribution >= 4 is 29.0 Å². The topological polar surface area (TPSA) is 46.6 Å².